The SMILES string of the molecule is CCCCCCCCCOC(=O)[C@H](C)N. The lowest BCUT2D eigenvalue weighted by Crippen LogP contribution is -2.28. The molecule has 0 bridgehead atoms. The lowest BCUT2D eigenvalue weighted by Gasteiger charge is -2.06. The Hall–Kier alpha value is -0.570. The van der Waals surface area contributed by atoms with Gasteiger partial charge in [-0.2, -0.15) is 0 Å². The Bertz CT molecular complexity index is 158. The summed E-state index contributed by atoms with van der Waals surface area (Å²) in [5.41, 5.74) is 5.36. The minimum Gasteiger partial charge on any atom is -0.465 e. The molecule has 0 aliphatic heterocycles. The van der Waals surface area contributed by atoms with Crippen molar-refractivity contribution in [3.8, 4) is 0 Å². The largest absolute Gasteiger partial charge is 0.465 e. The highest BCUT2D eigenvalue weighted by molar-refractivity contribution is 5.74. The lowest BCUT2D eigenvalue weighted by molar-refractivity contribution is -0.144. The summed E-state index contributed by atoms with van der Waals surface area (Å²) in [5, 5.41) is 0. The minimum atomic E-state index is -0.491. The Morgan fingerprint density at radius 1 is 1.13 bits per heavy atom. The van der Waals surface area contributed by atoms with Gasteiger partial charge >= 0.3 is 5.97 Å². The number of ether oxygens (including phenoxy) is 1. The van der Waals surface area contributed by atoms with E-state index in [1.165, 1.54) is 32.1 Å². The van der Waals surface area contributed by atoms with Gasteiger partial charge in [-0.1, -0.05) is 45.4 Å². The molecule has 0 aromatic rings. The average Bonchev–Trinajstić information content (AvgIpc) is 2.21. The van der Waals surface area contributed by atoms with Crippen LogP contribution in [0.15, 0.2) is 0 Å². The summed E-state index contributed by atoms with van der Waals surface area (Å²) in [7, 11) is 0. The van der Waals surface area contributed by atoms with Crippen LogP contribution in [0.25, 0.3) is 0 Å². The van der Waals surface area contributed by atoms with Gasteiger partial charge in [0.1, 0.15) is 6.04 Å². The molecule has 0 aliphatic carbocycles. The third-order valence-electron chi connectivity index (χ3n) is 2.36. The molecule has 0 aromatic heterocycles. The summed E-state index contributed by atoms with van der Waals surface area (Å²) in [6, 6.07) is -0.491. The Kier molecular flexibility index (Phi) is 9.59. The van der Waals surface area contributed by atoms with E-state index in [-0.39, 0.29) is 5.97 Å². The molecule has 2 N–H and O–H groups in total. The molecule has 0 spiro atoms. The van der Waals surface area contributed by atoms with Gasteiger partial charge in [-0.3, -0.25) is 4.79 Å². The number of esters is 1. The highest BCUT2D eigenvalue weighted by atomic mass is 16.5. The molecule has 0 unspecified atom stereocenters. The summed E-state index contributed by atoms with van der Waals surface area (Å²) < 4.78 is 4.97. The summed E-state index contributed by atoms with van der Waals surface area (Å²) in [4.78, 5) is 11.0. The molecule has 0 amide bonds. The summed E-state index contributed by atoms with van der Waals surface area (Å²) in [5.74, 6) is -0.291. The number of nitrogens with two attached hydrogens (primary N) is 1. The average molecular weight is 215 g/mol. The van der Waals surface area contributed by atoms with Gasteiger partial charge < -0.3 is 10.5 Å². The van der Waals surface area contributed by atoms with Crippen LogP contribution in [0, 0.1) is 0 Å². The molecular weight excluding hydrogens is 190 g/mol. The third kappa shape index (κ3) is 9.73. The van der Waals surface area contributed by atoms with Crippen LogP contribution < -0.4 is 5.73 Å². The fourth-order valence-corrected chi connectivity index (χ4v) is 1.36. The number of carbonyl (C=O) groups is 1. The maximum atomic E-state index is 11.0. The molecule has 0 heterocycles. The van der Waals surface area contributed by atoms with Crippen molar-refractivity contribution >= 4 is 5.97 Å². The van der Waals surface area contributed by atoms with E-state index < -0.39 is 6.04 Å². The number of hydrogen-bond donors (Lipinski definition) is 1. The number of rotatable bonds is 9. The van der Waals surface area contributed by atoms with E-state index in [0.29, 0.717) is 6.61 Å². The monoisotopic (exact) mass is 215 g/mol. The summed E-state index contributed by atoms with van der Waals surface area (Å²) in [6.45, 7) is 4.38. The first-order valence-electron chi connectivity index (χ1n) is 6.10. The van der Waals surface area contributed by atoms with Crippen molar-refractivity contribution in [3.63, 3.8) is 0 Å². The van der Waals surface area contributed by atoms with Crippen molar-refractivity contribution in [2.45, 2.75) is 64.8 Å². The maximum Gasteiger partial charge on any atom is 0.322 e. The number of carbonyl (C=O) groups excluding carboxylic acids is 1. The van der Waals surface area contributed by atoms with Crippen molar-refractivity contribution in [2.24, 2.45) is 5.73 Å². The zero-order chi connectivity index (χ0) is 11.5. The van der Waals surface area contributed by atoms with Gasteiger partial charge in [-0.15, -0.1) is 0 Å². The van der Waals surface area contributed by atoms with Gasteiger partial charge in [0.25, 0.3) is 0 Å². The number of unbranched alkanes of at least 4 members (excludes halogenated alkanes) is 6. The topological polar surface area (TPSA) is 52.3 Å². The Morgan fingerprint density at radius 2 is 1.67 bits per heavy atom. The highest BCUT2D eigenvalue weighted by Crippen LogP contribution is 2.06. The van der Waals surface area contributed by atoms with Crippen molar-refractivity contribution in [3.05, 3.63) is 0 Å². The molecule has 0 aliphatic rings. The molecule has 3 nitrogen and oxygen atoms in total. The predicted molar refractivity (Wildman–Crippen MR) is 62.6 cm³/mol. The molecule has 90 valence electrons. The van der Waals surface area contributed by atoms with Crippen LogP contribution in [-0.2, 0) is 9.53 Å². The van der Waals surface area contributed by atoms with E-state index in [0.717, 1.165) is 12.8 Å². The smallest absolute Gasteiger partial charge is 0.322 e. The van der Waals surface area contributed by atoms with Crippen LogP contribution in [0.4, 0.5) is 0 Å². The van der Waals surface area contributed by atoms with Crippen molar-refractivity contribution in [1.29, 1.82) is 0 Å². The first kappa shape index (κ1) is 14.4. The molecule has 15 heavy (non-hydrogen) atoms. The van der Waals surface area contributed by atoms with Gasteiger partial charge in [-0.05, 0) is 13.3 Å². The van der Waals surface area contributed by atoms with Crippen LogP contribution in [0.3, 0.4) is 0 Å². The van der Waals surface area contributed by atoms with Crippen LogP contribution in [0.1, 0.15) is 58.8 Å². The van der Waals surface area contributed by atoms with E-state index in [9.17, 15) is 4.79 Å². The number of hydrogen-bond acceptors (Lipinski definition) is 3. The van der Waals surface area contributed by atoms with Crippen molar-refractivity contribution < 1.29 is 9.53 Å². The van der Waals surface area contributed by atoms with E-state index in [1.807, 2.05) is 0 Å². The fraction of sp³-hybridized carbons (Fsp3) is 0.917. The van der Waals surface area contributed by atoms with E-state index in [2.05, 4.69) is 6.92 Å². The molecule has 0 rings (SSSR count). The van der Waals surface area contributed by atoms with Crippen molar-refractivity contribution in [1.82, 2.24) is 0 Å². The van der Waals surface area contributed by atoms with Gasteiger partial charge in [-0.25, -0.2) is 0 Å². The third-order valence-corrected chi connectivity index (χ3v) is 2.36. The quantitative estimate of drug-likeness (QED) is 0.475. The van der Waals surface area contributed by atoms with Gasteiger partial charge in [0, 0.05) is 0 Å². The summed E-state index contributed by atoms with van der Waals surface area (Å²) in [6.07, 6.45) is 8.60. The molecule has 1 atom stereocenters. The second-order valence-electron chi connectivity index (χ2n) is 4.08. The minimum absolute atomic E-state index is 0.291. The Labute approximate surface area is 93.4 Å². The van der Waals surface area contributed by atoms with Crippen LogP contribution in [0.5, 0.6) is 0 Å². The normalized spacial score (nSPS) is 12.5. The Morgan fingerprint density at radius 3 is 2.20 bits per heavy atom. The van der Waals surface area contributed by atoms with E-state index in [4.69, 9.17) is 10.5 Å². The molecule has 0 saturated heterocycles. The van der Waals surface area contributed by atoms with Gasteiger partial charge in [0.2, 0.25) is 0 Å². The van der Waals surface area contributed by atoms with Gasteiger partial charge in [0.05, 0.1) is 6.61 Å². The molecule has 0 aromatic carbocycles. The molecule has 0 radical (unpaired) electrons. The molecule has 3 heteroatoms. The second-order valence-corrected chi connectivity index (χ2v) is 4.08. The zero-order valence-corrected chi connectivity index (χ0v) is 10.1. The predicted octanol–water partition coefficient (Wildman–Crippen LogP) is 2.63. The van der Waals surface area contributed by atoms with Crippen molar-refractivity contribution in [2.75, 3.05) is 6.61 Å². The van der Waals surface area contributed by atoms with Crippen LogP contribution in [0.2, 0.25) is 0 Å². The summed E-state index contributed by atoms with van der Waals surface area (Å²) >= 11 is 0. The van der Waals surface area contributed by atoms with Crippen LogP contribution in [-0.4, -0.2) is 18.6 Å². The molecular formula is C12H25NO2. The lowest BCUT2D eigenvalue weighted by atomic mass is 10.1. The van der Waals surface area contributed by atoms with Crippen LogP contribution >= 0.6 is 0 Å². The highest BCUT2D eigenvalue weighted by Gasteiger charge is 2.07. The first-order valence-corrected chi connectivity index (χ1v) is 6.10. The van der Waals surface area contributed by atoms with Gasteiger partial charge in [0.15, 0.2) is 0 Å². The Balaban J connectivity index is 3.08. The molecule has 0 fully saturated rings. The zero-order valence-electron chi connectivity index (χ0n) is 10.1. The first-order chi connectivity index (χ1) is 7.18. The van der Waals surface area contributed by atoms with E-state index in [1.54, 1.807) is 6.92 Å². The maximum absolute atomic E-state index is 11.0. The van der Waals surface area contributed by atoms with E-state index >= 15 is 0 Å². The second kappa shape index (κ2) is 9.97. The molecule has 0 saturated carbocycles. The fourth-order valence-electron chi connectivity index (χ4n) is 1.36. The standard InChI is InChI=1S/C12H25NO2/c1-3-4-5-6-7-8-9-10-15-12(14)11(2)13/h11H,3-10,13H2,1-2H3/t11-/m0/s1.